The van der Waals surface area contributed by atoms with E-state index >= 15 is 0 Å². The summed E-state index contributed by atoms with van der Waals surface area (Å²) in [6.45, 7) is 14.5. The van der Waals surface area contributed by atoms with E-state index in [0.29, 0.717) is 26.2 Å². The van der Waals surface area contributed by atoms with Gasteiger partial charge in [-0.1, -0.05) is 95.1 Å². The number of rotatable bonds is 14. The first-order valence-corrected chi connectivity index (χ1v) is 18.6. The van der Waals surface area contributed by atoms with Gasteiger partial charge < -0.3 is 40.0 Å². The normalized spacial score (nSPS) is 10.7. The fraction of sp³-hybridized carbons (Fsp3) is 0.415. The van der Waals surface area contributed by atoms with Crippen molar-refractivity contribution >= 4 is 69.3 Å². The van der Waals surface area contributed by atoms with Crippen LogP contribution in [-0.2, 0) is 26.2 Å². The zero-order valence-corrected chi connectivity index (χ0v) is 37.4. The molecule has 12 heteroatoms. The van der Waals surface area contributed by atoms with Crippen LogP contribution < -0.4 is 40.0 Å². The molecule has 0 heterocycles. The molecule has 0 atom stereocenters. The molecule has 4 aromatic rings. The summed E-state index contributed by atoms with van der Waals surface area (Å²) in [4.78, 5) is 5.24. The van der Waals surface area contributed by atoms with Crippen molar-refractivity contribution in [2.75, 3.05) is 59.7 Å². The summed E-state index contributed by atoms with van der Waals surface area (Å²) in [5, 5.41) is 48.7. The average Bonchev–Trinajstić information content (AvgIpc) is 3.06. The van der Waals surface area contributed by atoms with Gasteiger partial charge in [-0.05, 0) is 49.9 Å². The summed E-state index contributed by atoms with van der Waals surface area (Å²) in [7, 11) is 8.48. The van der Waals surface area contributed by atoms with Crippen LogP contribution in [-0.4, -0.2) is 106 Å². The maximum atomic E-state index is 12.1. The quantitative estimate of drug-likeness (QED) is 0.0974. The number of halogens is 2. The maximum Gasteiger partial charge on any atom is 2.00 e. The standard InChI is InChI=1S/2C20H28N2O2.CH2Cl2.2Mg/c2*1-15-5-7-19(23)17(11-15)13-22(10-9-21(3)4)14-18-12-16(2)6-8-20(18)24;2-1-3;;/h2*5-8,11-12,23-24H,9-10,13-14H2,1-4H3;1H2;;/q;;;2*+2. The zero-order valence-electron chi connectivity index (χ0n) is 33.1. The van der Waals surface area contributed by atoms with Crippen LogP contribution in [0.2, 0.25) is 0 Å². The number of quaternary nitrogens is 4. The Labute approximate surface area is 360 Å². The van der Waals surface area contributed by atoms with Crippen LogP contribution in [0.5, 0.6) is 23.0 Å². The number of hydrogen-bond acceptors (Lipinski definition) is 4. The minimum atomic E-state index is 0. The van der Waals surface area contributed by atoms with Gasteiger partial charge in [0.05, 0.1) is 33.5 Å². The van der Waals surface area contributed by atoms with Crippen molar-refractivity contribution in [1.82, 2.24) is 0 Å². The van der Waals surface area contributed by atoms with Gasteiger partial charge in [0.2, 0.25) is 0 Å². The summed E-state index contributed by atoms with van der Waals surface area (Å²) in [6.07, 6.45) is 0. The third-order valence-electron chi connectivity index (χ3n) is 8.58. The van der Waals surface area contributed by atoms with Crippen molar-refractivity contribution < 1.29 is 40.0 Å². The Morgan fingerprint density at radius 1 is 0.415 bits per heavy atom. The summed E-state index contributed by atoms with van der Waals surface area (Å²) >= 11 is 9.53. The first-order chi connectivity index (χ1) is 24.1. The number of nitrogens with one attached hydrogen (secondary N) is 4. The molecule has 0 bridgehead atoms. The number of likely N-dealkylation sites (N-methyl/N-ethyl adjacent to an activating group) is 2. The van der Waals surface area contributed by atoms with Crippen LogP contribution in [0.3, 0.4) is 0 Å². The van der Waals surface area contributed by atoms with Crippen LogP contribution >= 0.6 is 23.2 Å². The molecule has 0 spiro atoms. The molecule has 0 radical (unpaired) electrons. The minimum absolute atomic E-state index is 0. The Morgan fingerprint density at radius 3 is 0.811 bits per heavy atom. The largest absolute Gasteiger partial charge is 2.00 e. The van der Waals surface area contributed by atoms with E-state index in [0.717, 1.165) is 70.7 Å². The molecule has 0 aliphatic carbocycles. The van der Waals surface area contributed by atoms with E-state index in [4.69, 9.17) is 23.2 Å². The number of aryl methyl sites for hydroxylation is 4. The van der Waals surface area contributed by atoms with Gasteiger partial charge in [0.15, 0.2) is 0 Å². The molecule has 0 aromatic heterocycles. The Kier molecular flexibility index (Phi) is 25.8. The molecule has 4 N–H and O–H groups in total. The van der Waals surface area contributed by atoms with Gasteiger partial charge in [0.1, 0.15) is 52.4 Å². The summed E-state index contributed by atoms with van der Waals surface area (Å²) < 4.78 is 0. The third-order valence-corrected chi connectivity index (χ3v) is 8.58. The Hall–Kier alpha value is -1.97. The van der Waals surface area contributed by atoms with E-state index in [1.54, 1.807) is 24.3 Å². The van der Waals surface area contributed by atoms with Crippen LogP contribution in [0.1, 0.15) is 44.5 Å². The molecule has 0 amide bonds. The molecule has 53 heavy (non-hydrogen) atoms. The van der Waals surface area contributed by atoms with Crippen molar-refractivity contribution in [3.63, 3.8) is 0 Å². The van der Waals surface area contributed by atoms with Crippen LogP contribution in [0.15, 0.2) is 72.8 Å². The van der Waals surface area contributed by atoms with Gasteiger partial charge in [-0.25, -0.2) is 0 Å². The van der Waals surface area contributed by atoms with E-state index in [-0.39, 0.29) is 74.4 Å². The van der Waals surface area contributed by atoms with Gasteiger partial charge in [0.25, 0.3) is 0 Å². The molecular weight excluding hydrogens is 732 g/mol. The first-order valence-electron chi connectivity index (χ1n) is 17.5. The third kappa shape index (κ3) is 20.0. The summed E-state index contributed by atoms with van der Waals surface area (Å²) in [6, 6.07) is 21.9. The molecule has 4 rings (SSSR count). The van der Waals surface area contributed by atoms with Gasteiger partial charge in [-0.3, -0.25) is 0 Å². The second-order valence-electron chi connectivity index (χ2n) is 14.2. The number of alkyl halides is 2. The second-order valence-corrected chi connectivity index (χ2v) is 15.0. The Morgan fingerprint density at radius 2 is 0.623 bits per heavy atom. The van der Waals surface area contributed by atoms with Crippen molar-refractivity contribution in [1.29, 1.82) is 0 Å². The number of benzene rings is 4. The molecule has 0 unspecified atom stereocenters. The van der Waals surface area contributed by atoms with Crippen molar-refractivity contribution in [2.45, 2.75) is 53.9 Å². The van der Waals surface area contributed by atoms with E-state index in [2.05, 4.69) is 28.2 Å². The van der Waals surface area contributed by atoms with E-state index in [1.165, 1.54) is 19.6 Å². The van der Waals surface area contributed by atoms with Gasteiger partial charge in [-0.15, -0.1) is 46.2 Å². The smallest absolute Gasteiger partial charge is 0.872 e. The monoisotopic (exact) mass is 788 g/mol. The van der Waals surface area contributed by atoms with Crippen LogP contribution in [0.4, 0.5) is 0 Å². The Bertz CT molecular complexity index is 1420. The molecule has 0 saturated carbocycles. The van der Waals surface area contributed by atoms with Gasteiger partial charge in [-0.2, -0.15) is 0 Å². The van der Waals surface area contributed by atoms with Crippen LogP contribution in [0.25, 0.3) is 0 Å². The van der Waals surface area contributed by atoms with Crippen molar-refractivity contribution in [3.8, 4) is 23.0 Å². The average molecular weight is 790 g/mol. The van der Waals surface area contributed by atoms with Gasteiger partial charge >= 0.3 is 46.1 Å². The molecule has 8 nitrogen and oxygen atoms in total. The molecule has 0 saturated heterocycles. The Balaban J connectivity index is 0.000000917. The van der Waals surface area contributed by atoms with E-state index in [1.807, 2.05) is 76.2 Å². The van der Waals surface area contributed by atoms with Gasteiger partial charge in [0, 0.05) is 0 Å². The topological polar surface area (TPSA) is 110 Å². The molecule has 280 valence electrons. The molecule has 0 fully saturated rings. The van der Waals surface area contributed by atoms with E-state index in [9.17, 15) is 20.4 Å². The molecule has 0 aliphatic rings. The fourth-order valence-corrected chi connectivity index (χ4v) is 5.79. The maximum absolute atomic E-state index is 12.1. The van der Waals surface area contributed by atoms with Crippen molar-refractivity contribution in [2.24, 2.45) is 0 Å². The molecular formula is C41H58Cl2Mg2N4O4+4. The second kappa shape index (κ2) is 26.8. The zero-order chi connectivity index (χ0) is 38.1. The first kappa shape index (κ1) is 51.0. The summed E-state index contributed by atoms with van der Waals surface area (Å²) in [5.41, 5.74) is 7.73. The predicted molar refractivity (Wildman–Crippen MR) is 212 cm³/mol. The summed E-state index contributed by atoms with van der Waals surface area (Å²) in [5.74, 6) is 0.340. The van der Waals surface area contributed by atoms with Crippen molar-refractivity contribution in [3.05, 3.63) is 117 Å². The fourth-order valence-electron chi connectivity index (χ4n) is 5.79. The minimum Gasteiger partial charge on any atom is -0.872 e. The number of hydrogen-bond donors (Lipinski definition) is 4. The predicted octanol–water partition coefficient (Wildman–Crippen LogP) is -0.980. The molecule has 0 aliphatic heterocycles. The van der Waals surface area contributed by atoms with E-state index < -0.39 is 0 Å². The SMILES string of the molecule is Cc1ccc([O-])c(C[NH+](CC[NH+](C)C)Cc2cc(C)ccc2[O-])c1.Cc1ccc([O-])c(C[NH+](CC[NH+](C)C)Cc2cc(C)ccc2[O-])c1.ClCCl.[Mg+2].[Mg+2]. The molecule has 4 aromatic carbocycles. The van der Waals surface area contributed by atoms with Crippen LogP contribution in [0, 0.1) is 27.7 Å².